The van der Waals surface area contributed by atoms with E-state index in [0.717, 1.165) is 16.7 Å². The van der Waals surface area contributed by atoms with Gasteiger partial charge in [0.15, 0.2) is 11.6 Å². The van der Waals surface area contributed by atoms with Crippen LogP contribution in [-0.2, 0) is 16.0 Å². The summed E-state index contributed by atoms with van der Waals surface area (Å²) in [5.41, 5.74) is 6.68. The number of hydrogen-bond acceptors (Lipinski definition) is 7. The van der Waals surface area contributed by atoms with Gasteiger partial charge in [-0.2, -0.15) is 0 Å². The van der Waals surface area contributed by atoms with Crippen molar-refractivity contribution in [2.45, 2.75) is 24.5 Å². The molecule has 3 N–H and O–H groups in total. The molecule has 8 nitrogen and oxygen atoms in total. The van der Waals surface area contributed by atoms with Crippen molar-refractivity contribution in [3.05, 3.63) is 95.6 Å². The summed E-state index contributed by atoms with van der Waals surface area (Å²) in [4.78, 5) is 18.6. The number of hydrogen-bond donors (Lipinski definition) is 3. The second-order valence-electron chi connectivity index (χ2n) is 8.43. The number of amides is 1. The Bertz CT molecular complexity index is 1180. The van der Waals surface area contributed by atoms with Crippen LogP contribution in [0.4, 0.5) is 0 Å². The maximum atomic E-state index is 13.7. The average molecular weight is 490 g/mol. The average Bonchev–Trinajstić information content (AvgIpc) is 3.30. The lowest BCUT2D eigenvalue weighted by Gasteiger charge is -2.30. The van der Waals surface area contributed by atoms with Crippen molar-refractivity contribution >= 4 is 11.8 Å². The second kappa shape index (κ2) is 11.7. The standard InChI is InChI=1S/C28H31N3O5/c1-29-31-27(33)28(19-20-8-4-3-5-9-20)25(22-10-6-11-24(18-22)34-2)36-26(30-28)21-12-14-23(15-13-21)35-17-7-16-32/h3-6,8-15,18,25,29,32H,7,16-17,19H2,1-2H3,(H,31,33)/t25-,28-/m0/s1. The lowest BCUT2D eigenvalue weighted by atomic mass is 9.82. The van der Waals surface area contributed by atoms with E-state index in [1.54, 1.807) is 14.2 Å². The first-order valence-electron chi connectivity index (χ1n) is 11.9. The van der Waals surface area contributed by atoms with E-state index in [-0.39, 0.29) is 12.5 Å². The Labute approximate surface area is 210 Å². The lowest BCUT2D eigenvalue weighted by Crippen LogP contribution is -2.53. The number of ether oxygens (including phenoxy) is 3. The Hall–Kier alpha value is -3.88. The van der Waals surface area contributed by atoms with E-state index < -0.39 is 11.6 Å². The number of nitrogens with zero attached hydrogens (tertiary/aromatic N) is 1. The van der Waals surface area contributed by atoms with Crippen molar-refractivity contribution in [1.82, 2.24) is 10.9 Å². The highest BCUT2D eigenvalue weighted by Gasteiger charge is 2.53. The first kappa shape index (κ1) is 25.2. The Morgan fingerprint density at radius 2 is 1.83 bits per heavy atom. The number of methoxy groups -OCH3 is 1. The van der Waals surface area contributed by atoms with Crippen molar-refractivity contribution < 1.29 is 24.1 Å². The number of aliphatic hydroxyl groups excluding tert-OH is 1. The number of nitrogens with one attached hydrogen (secondary N) is 2. The summed E-state index contributed by atoms with van der Waals surface area (Å²) < 4.78 is 17.5. The number of aliphatic hydroxyl groups is 1. The summed E-state index contributed by atoms with van der Waals surface area (Å²) in [5, 5.41) is 8.96. The van der Waals surface area contributed by atoms with Gasteiger partial charge in [0.1, 0.15) is 11.5 Å². The topological polar surface area (TPSA) is 101 Å². The number of hydrazine groups is 1. The fourth-order valence-corrected chi connectivity index (χ4v) is 4.22. The van der Waals surface area contributed by atoms with E-state index >= 15 is 0 Å². The minimum absolute atomic E-state index is 0.0760. The number of rotatable bonds is 11. The molecule has 0 aliphatic carbocycles. The highest BCUT2D eigenvalue weighted by Crippen LogP contribution is 2.43. The van der Waals surface area contributed by atoms with Gasteiger partial charge >= 0.3 is 0 Å². The third-order valence-electron chi connectivity index (χ3n) is 5.98. The second-order valence-corrected chi connectivity index (χ2v) is 8.43. The Morgan fingerprint density at radius 3 is 2.53 bits per heavy atom. The van der Waals surface area contributed by atoms with E-state index in [1.807, 2.05) is 78.9 Å². The summed E-state index contributed by atoms with van der Waals surface area (Å²) in [6, 6.07) is 24.6. The van der Waals surface area contributed by atoms with Crippen LogP contribution < -0.4 is 20.3 Å². The molecule has 0 unspecified atom stereocenters. The van der Waals surface area contributed by atoms with Crippen molar-refractivity contribution in [3.8, 4) is 11.5 Å². The molecule has 0 bridgehead atoms. The predicted molar refractivity (Wildman–Crippen MR) is 137 cm³/mol. The van der Waals surface area contributed by atoms with Crippen LogP contribution in [0.3, 0.4) is 0 Å². The Morgan fingerprint density at radius 1 is 1.06 bits per heavy atom. The number of carbonyl (C=O) groups is 1. The predicted octanol–water partition coefficient (Wildman–Crippen LogP) is 3.21. The fourth-order valence-electron chi connectivity index (χ4n) is 4.22. The Kier molecular flexibility index (Phi) is 8.20. The van der Waals surface area contributed by atoms with Crippen molar-refractivity contribution in [1.29, 1.82) is 0 Å². The van der Waals surface area contributed by atoms with Gasteiger partial charge in [0, 0.05) is 32.1 Å². The summed E-state index contributed by atoms with van der Waals surface area (Å²) >= 11 is 0. The largest absolute Gasteiger partial charge is 0.497 e. The van der Waals surface area contributed by atoms with Crippen LogP contribution in [0.25, 0.3) is 0 Å². The van der Waals surface area contributed by atoms with Gasteiger partial charge in [-0.1, -0.05) is 42.5 Å². The minimum Gasteiger partial charge on any atom is -0.497 e. The van der Waals surface area contributed by atoms with Gasteiger partial charge in [0.25, 0.3) is 5.91 Å². The summed E-state index contributed by atoms with van der Waals surface area (Å²) in [6.45, 7) is 0.502. The number of carbonyl (C=O) groups excluding carboxylic acids is 1. The van der Waals surface area contributed by atoms with Crippen molar-refractivity contribution in [2.24, 2.45) is 4.99 Å². The normalized spacial score (nSPS) is 18.8. The van der Waals surface area contributed by atoms with E-state index in [2.05, 4.69) is 10.9 Å². The zero-order valence-corrected chi connectivity index (χ0v) is 20.4. The third kappa shape index (κ3) is 5.50. The fraction of sp³-hybridized carbons (Fsp3) is 0.286. The molecule has 4 rings (SSSR count). The monoisotopic (exact) mass is 489 g/mol. The lowest BCUT2D eigenvalue weighted by molar-refractivity contribution is -0.129. The van der Waals surface area contributed by atoms with E-state index in [9.17, 15) is 4.79 Å². The first-order valence-corrected chi connectivity index (χ1v) is 11.9. The Balaban J connectivity index is 1.76. The highest BCUT2D eigenvalue weighted by molar-refractivity contribution is 6.01. The molecule has 0 radical (unpaired) electrons. The third-order valence-corrected chi connectivity index (χ3v) is 5.98. The molecule has 2 atom stereocenters. The molecule has 0 fully saturated rings. The zero-order valence-electron chi connectivity index (χ0n) is 20.4. The van der Waals surface area contributed by atoms with Gasteiger partial charge < -0.3 is 19.3 Å². The molecule has 0 saturated carbocycles. The summed E-state index contributed by atoms with van der Waals surface area (Å²) in [7, 11) is 3.25. The van der Waals surface area contributed by atoms with Gasteiger partial charge in [-0.15, -0.1) is 0 Å². The van der Waals surface area contributed by atoms with Gasteiger partial charge in [-0.05, 0) is 47.5 Å². The molecule has 8 heteroatoms. The molecular formula is C28H31N3O5. The van der Waals surface area contributed by atoms with Gasteiger partial charge in [-0.3, -0.25) is 10.2 Å². The zero-order chi connectivity index (χ0) is 25.4. The SMILES string of the molecule is CNNC(=O)[C@@]1(Cc2ccccc2)N=C(c2ccc(OCCCO)cc2)O[C@H]1c1cccc(OC)c1. The maximum Gasteiger partial charge on any atom is 0.266 e. The van der Waals surface area contributed by atoms with Gasteiger partial charge in [0.2, 0.25) is 5.90 Å². The van der Waals surface area contributed by atoms with E-state index in [4.69, 9.17) is 24.3 Å². The smallest absolute Gasteiger partial charge is 0.266 e. The van der Waals surface area contributed by atoms with Crippen LogP contribution >= 0.6 is 0 Å². The van der Waals surface area contributed by atoms with Gasteiger partial charge in [0.05, 0.1) is 13.7 Å². The number of aliphatic imine (C=N–C) groups is 1. The molecule has 3 aromatic rings. The molecule has 3 aromatic carbocycles. The van der Waals surface area contributed by atoms with Crippen LogP contribution in [-0.4, -0.2) is 49.8 Å². The summed E-state index contributed by atoms with van der Waals surface area (Å²) in [6.07, 6.45) is 0.189. The van der Waals surface area contributed by atoms with Crippen molar-refractivity contribution in [2.75, 3.05) is 27.4 Å². The molecular weight excluding hydrogens is 458 g/mol. The van der Waals surface area contributed by atoms with Crippen LogP contribution in [0.15, 0.2) is 83.9 Å². The van der Waals surface area contributed by atoms with E-state index in [1.165, 1.54) is 0 Å². The maximum absolute atomic E-state index is 13.7. The van der Waals surface area contributed by atoms with Crippen LogP contribution in [0.2, 0.25) is 0 Å². The van der Waals surface area contributed by atoms with Crippen molar-refractivity contribution in [3.63, 3.8) is 0 Å². The van der Waals surface area contributed by atoms with Crippen LogP contribution in [0.5, 0.6) is 11.5 Å². The molecule has 0 aromatic heterocycles. The molecule has 1 amide bonds. The minimum atomic E-state index is -1.28. The van der Waals surface area contributed by atoms with E-state index in [0.29, 0.717) is 36.8 Å². The molecule has 1 heterocycles. The van der Waals surface area contributed by atoms with Gasteiger partial charge in [-0.25, -0.2) is 10.4 Å². The quantitative estimate of drug-likeness (QED) is 0.283. The molecule has 1 aliphatic heterocycles. The summed E-state index contributed by atoms with van der Waals surface area (Å²) in [5.74, 6) is 1.41. The molecule has 36 heavy (non-hydrogen) atoms. The molecule has 188 valence electrons. The molecule has 0 saturated heterocycles. The first-order chi connectivity index (χ1) is 17.6. The van der Waals surface area contributed by atoms with Crippen LogP contribution in [0.1, 0.15) is 29.2 Å². The highest BCUT2D eigenvalue weighted by atomic mass is 16.5. The van der Waals surface area contributed by atoms with Crippen LogP contribution in [0, 0.1) is 0 Å². The molecule has 1 aliphatic rings. The number of benzene rings is 3. The molecule has 0 spiro atoms.